The normalized spacial score (nSPS) is 9.77. The van der Waals surface area contributed by atoms with E-state index in [9.17, 15) is 4.79 Å². The van der Waals surface area contributed by atoms with Crippen LogP contribution in [0.4, 0.5) is 5.69 Å². The van der Waals surface area contributed by atoms with Crippen LogP contribution in [0.3, 0.4) is 0 Å². The molecule has 0 fully saturated rings. The molecule has 4 heteroatoms. The van der Waals surface area contributed by atoms with E-state index in [1.807, 2.05) is 13.0 Å². The number of amides is 1. The van der Waals surface area contributed by atoms with Crippen molar-refractivity contribution >= 4 is 23.2 Å². The summed E-state index contributed by atoms with van der Waals surface area (Å²) in [5.74, 6) is -0.467. The second-order valence-electron chi connectivity index (χ2n) is 2.69. The number of halogens is 1. The summed E-state index contributed by atoms with van der Waals surface area (Å²) in [7, 11) is 0. The van der Waals surface area contributed by atoms with Crippen LogP contribution in [0.5, 0.6) is 0 Å². The lowest BCUT2D eigenvalue weighted by Gasteiger charge is -2.05. The van der Waals surface area contributed by atoms with Crippen molar-refractivity contribution in [1.29, 1.82) is 0 Å². The number of carbonyl (C=O) groups excluding carboxylic acids is 1. The summed E-state index contributed by atoms with van der Waals surface area (Å²) in [4.78, 5) is 10.8. The molecule has 70 valence electrons. The average Bonchev–Trinajstić information content (AvgIpc) is 2.09. The Morgan fingerprint density at radius 3 is 2.85 bits per heavy atom. The smallest absolute Gasteiger partial charge is 0.250 e. The number of benzene rings is 1. The summed E-state index contributed by atoms with van der Waals surface area (Å²) in [6, 6.07) is 5.28. The van der Waals surface area contributed by atoms with Crippen molar-refractivity contribution in [3.63, 3.8) is 0 Å². The molecule has 0 aromatic heterocycles. The fourth-order valence-corrected chi connectivity index (χ4v) is 1.19. The van der Waals surface area contributed by atoms with Crippen molar-refractivity contribution in [1.82, 2.24) is 0 Å². The van der Waals surface area contributed by atoms with E-state index >= 15 is 0 Å². The average molecular weight is 200 g/mol. The lowest BCUT2D eigenvalue weighted by atomic mass is 10.2. The number of hydrogen-bond acceptors (Lipinski definition) is 2. The second-order valence-corrected chi connectivity index (χ2v) is 3.10. The van der Waals surface area contributed by atoms with Gasteiger partial charge in [-0.05, 0) is 24.6 Å². The van der Waals surface area contributed by atoms with Crippen LogP contribution in [0.1, 0.15) is 5.56 Å². The fourth-order valence-electron chi connectivity index (χ4n) is 0.911. The minimum absolute atomic E-state index is 0.467. The highest BCUT2D eigenvalue weighted by Crippen LogP contribution is 2.22. The van der Waals surface area contributed by atoms with E-state index in [4.69, 9.17) is 16.7 Å². The SMILES string of the molecule is Cc1ccc(NC(=O)CO)c(Cl)c1. The molecule has 0 radical (unpaired) electrons. The van der Waals surface area contributed by atoms with Gasteiger partial charge in [-0.2, -0.15) is 0 Å². The lowest BCUT2D eigenvalue weighted by molar-refractivity contribution is -0.118. The molecule has 3 nitrogen and oxygen atoms in total. The predicted molar refractivity (Wildman–Crippen MR) is 51.9 cm³/mol. The molecule has 1 aromatic carbocycles. The summed E-state index contributed by atoms with van der Waals surface area (Å²) < 4.78 is 0. The molecule has 1 aromatic rings. The van der Waals surface area contributed by atoms with E-state index in [2.05, 4.69) is 5.32 Å². The minimum atomic E-state index is -0.537. The maximum atomic E-state index is 10.8. The molecule has 0 aliphatic rings. The van der Waals surface area contributed by atoms with Gasteiger partial charge in [0.15, 0.2) is 0 Å². The maximum Gasteiger partial charge on any atom is 0.250 e. The topological polar surface area (TPSA) is 49.3 Å². The summed E-state index contributed by atoms with van der Waals surface area (Å²) >= 11 is 5.83. The van der Waals surface area contributed by atoms with Gasteiger partial charge in [-0.1, -0.05) is 17.7 Å². The van der Waals surface area contributed by atoms with Crippen molar-refractivity contribution < 1.29 is 9.90 Å². The third-order valence-corrected chi connectivity index (χ3v) is 1.85. The Labute approximate surface area is 81.3 Å². The Kier molecular flexibility index (Phi) is 3.28. The molecular formula is C9H10ClNO2. The molecule has 0 saturated heterocycles. The van der Waals surface area contributed by atoms with E-state index in [0.29, 0.717) is 10.7 Å². The number of hydrogen-bond donors (Lipinski definition) is 2. The molecule has 13 heavy (non-hydrogen) atoms. The minimum Gasteiger partial charge on any atom is -0.387 e. The molecule has 0 saturated carbocycles. The van der Waals surface area contributed by atoms with Crippen LogP contribution in [0.15, 0.2) is 18.2 Å². The third-order valence-electron chi connectivity index (χ3n) is 1.54. The molecule has 0 unspecified atom stereocenters. The third kappa shape index (κ3) is 2.72. The fraction of sp³-hybridized carbons (Fsp3) is 0.222. The Balaban J connectivity index is 2.83. The number of anilines is 1. The molecule has 0 heterocycles. The van der Waals surface area contributed by atoms with Gasteiger partial charge in [-0.3, -0.25) is 4.79 Å². The van der Waals surface area contributed by atoms with Crippen LogP contribution in [0.25, 0.3) is 0 Å². The number of aliphatic hydroxyl groups is 1. The van der Waals surface area contributed by atoms with Gasteiger partial charge in [0.05, 0.1) is 10.7 Å². The van der Waals surface area contributed by atoms with Crippen molar-refractivity contribution in [3.05, 3.63) is 28.8 Å². The summed E-state index contributed by atoms with van der Waals surface area (Å²) in [5, 5.41) is 11.4. The van der Waals surface area contributed by atoms with E-state index in [1.54, 1.807) is 12.1 Å². The first kappa shape index (κ1) is 10.0. The summed E-state index contributed by atoms with van der Waals surface area (Å²) in [6.07, 6.45) is 0. The molecule has 0 spiro atoms. The molecule has 0 aliphatic carbocycles. The second kappa shape index (κ2) is 4.25. The van der Waals surface area contributed by atoms with Gasteiger partial charge in [-0.15, -0.1) is 0 Å². The number of aliphatic hydroxyl groups excluding tert-OH is 1. The van der Waals surface area contributed by atoms with Crippen LogP contribution in [-0.2, 0) is 4.79 Å². The number of carbonyl (C=O) groups is 1. The van der Waals surface area contributed by atoms with Gasteiger partial charge in [0.1, 0.15) is 6.61 Å². The van der Waals surface area contributed by atoms with Gasteiger partial charge >= 0.3 is 0 Å². The highest BCUT2D eigenvalue weighted by molar-refractivity contribution is 6.33. The van der Waals surface area contributed by atoms with Crippen LogP contribution in [-0.4, -0.2) is 17.6 Å². The van der Waals surface area contributed by atoms with Gasteiger partial charge in [0, 0.05) is 0 Å². The van der Waals surface area contributed by atoms with Crippen LogP contribution >= 0.6 is 11.6 Å². The molecule has 1 rings (SSSR count). The first-order chi connectivity index (χ1) is 6.13. The molecule has 0 atom stereocenters. The number of aryl methyl sites for hydroxylation is 1. The van der Waals surface area contributed by atoms with Gasteiger partial charge < -0.3 is 10.4 Å². The summed E-state index contributed by atoms with van der Waals surface area (Å²) in [5.41, 5.74) is 1.54. The monoisotopic (exact) mass is 199 g/mol. The van der Waals surface area contributed by atoms with E-state index < -0.39 is 12.5 Å². The van der Waals surface area contributed by atoms with Gasteiger partial charge in [0.25, 0.3) is 0 Å². The Hall–Kier alpha value is -1.06. The van der Waals surface area contributed by atoms with Crippen molar-refractivity contribution in [2.75, 3.05) is 11.9 Å². The zero-order valence-electron chi connectivity index (χ0n) is 7.17. The van der Waals surface area contributed by atoms with E-state index in [1.165, 1.54) is 0 Å². The Bertz CT molecular complexity index is 325. The molecule has 0 aliphatic heterocycles. The standard InChI is InChI=1S/C9H10ClNO2/c1-6-2-3-8(7(10)4-6)11-9(13)5-12/h2-4,12H,5H2,1H3,(H,11,13). The van der Waals surface area contributed by atoms with Crippen LogP contribution < -0.4 is 5.32 Å². The molecule has 2 N–H and O–H groups in total. The van der Waals surface area contributed by atoms with Gasteiger partial charge in [0.2, 0.25) is 5.91 Å². The van der Waals surface area contributed by atoms with Gasteiger partial charge in [-0.25, -0.2) is 0 Å². The zero-order valence-corrected chi connectivity index (χ0v) is 7.93. The Morgan fingerprint density at radius 1 is 1.62 bits per heavy atom. The largest absolute Gasteiger partial charge is 0.387 e. The summed E-state index contributed by atoms with van der Waals surface area (Å²) in [6.45, 7) is 1.37. The van der Waals surface area contributed by atoms with Crippen molar-refractivity contribution in [2.45, 2.75) is 6.92 Å². The molecule has 0 bridgehead atoms. The highest BCUT2D eigenvalue weighted by Gasteiger charge is 2.03. The lowest BCUT2D eigenvalue weighted by Crippen LogP contribution is -2.15. The predicted octanol–water partition coefficient (Wildman–Crippen LogP) is 1.58. The molecule has 1 amide bonds. The van der Waals surface area contributed by atoms with Crippen molar-refractivity contribution in [2.24, 2.45) is 0 Å². The highest BCUT2D eigenvalue weighted by atomic mass is 35.5. The van der Waals surface area contributed by atoms with E-state index in [-0.39, 0.29) is 0 Å². The first-order valence-electron chi connectivity index (χ1n) is 3.80. The first-order valence-corrected chi connectivity index (χ1v) is 4.18. The number of rotatable bonds is 2. The van der Waals surface area contributed by atoms with Crippen LogP contribution in [0.2, 0.25) is 5.02 Å². The zero-order chi connectivity index (χ0) is 9.84. The quantitative estimate of drug-likeness (QED) is 0.760. The van der Waals surface area contributed by atoms with Crippen LogP contribution in [0, 0.1) is 6.92 Å². The maximum absolute atomic E-state index is 10.8. The van der Waals surface area contributed by atoms with Crippen molar-refractivity contribution in [3.8, 4) is 0 Å². The Morgan fingerprint density at radius 2 is 2.31 bits per heavy atom. The molecular weight excluding hydrogens is 190 g/mol. The number of nitrogens with one attached hydrogen (secondary N) is 1. The van der Waals surface area contributed by atoms with E-state index in [0.717, 1.165) is 5.56 Å².